The van der Waals surface area contributed by atoms with Crippen molar-refractivity contribution in [3.05, 3.63) is 72.3 Å². The number of rotatable bonds is 10. The first-order valence-corrected chi connectivity index (χ1v) is 10.7. The van der Waals surface area contributed by atoms with E-state index < -0.39 is 0 Å². The summed E-state index contributed by atoms with van der Waals surface area (Å²) in [4.78, 5) is 0. The van der Waals surface area contributed by atoms with E-state index in [4.69, 9.17) is 16.2 Å². The molecular formula is C26H32N2O. The van der Waals surface area contributed by atoms with Crippen LogP contribution in [0.4, 0.5) is 11.4 Å². The molecule has 152 valence electrons. The van der Waals surface area contributed by atoms with Gasteiger partial charge >= 0.3 is 0 Å². The lowest BCUT2D eigenvalue weighted by Crippen LogP contribution is -1.93. The fraction of sp³-hybridized carbons (Fsp3) is 0.308. The molecule has 3 aromatic rings. The van der Waals surface area contributed by atoms with Crippen molar-refractivity contribution in [3.63, 3.8) is 0 Å². The van der Waals surface area contributed by atoms with Gasteiger partial charge in [-0.1, -0.05) is 63.3 Å². The van der Waals surface area contributed by atoms with Crippen molar-refractivity contribution in [1.82, 2.24) is 0 Å². The zero-order valence-electron chi connectivity index (χ0n) is 17.4. The minimum Gasteiger partial charge on any atom is -0.457 e. The predicted molar refractivity (Wildman–Crippen MR) is 124 cm³/mol. The molecular weight excluding hydrogens is 356 g/mol. The second kappa shape index (κ2) is 10.6. The number of hydrogen-bond donors (Lipinski definition) is 2. The van der Waals surface area contributed by atoms with Crippen LogP contribution in [0, 0.1) is 0 Å². The molecule has 0 heterocycles. The highest BCUT2D eigenvalue weighted by atomic mass is 16.5. The van der Waals surface area contributed by atoms with Gasteiger partial charge in [-0.05, 0) is 66.4 Å². The standard InChI is InChI=1S/C26H32N2O/c1-2-3-4-5-6-7-8-20-9-11-21(12-10-20)25-19-23(28)15-18-26(25)29-24-16-13-22(27)14-17-24/h9-19H,2-8,27-28H2,1H3. The fourth-order valence-corrected chi connectivity index (χ4v) is 3.49. The van der Waals surface area contributed by atoms with E-state index in [-0.39, 0.29) is 0 Å². The van der Waals surface area contributed by atoms with E-state index in [0.717, 1.165) is 40.4 Å². The van der Waals surface area contributed by atoms with Crippen molar-refractivity contribution in [2.24, 2.45) is 0 Å². The molecule has 3 rings (SSSR count). The highest BCUT2D eigenvalue weighted by Crippen LogP contribution is 2.35. The van der Waals surface area contributed by atoms with Gasteiger partial charge in [0.1, 0.15) is 11.5 Å². The van der Waals surface area contributed by atoms with Crippen LogP contribution in [-0.4, -0.2) is 0 Å². The van der Waals surface area contributed by atoms with Gasteiger partial charge in [0.2, 0.25) is 0 Å². The summed E-state index contributed by atoms with van der Waals surface area (Å²) in [6.07, 6.45) is 9.08. The van der Waals surface area contributed by atoms with E-state index in [2.05, 4.69) is 31.2 Å². The molecule has 29 heavy (non-hydrogen) atoms. The summed E-state index contributed by atoms with van der Waals surface area (Å²) in [5.74, 6) is 1.54. The van der Waals surface area contributed by atoms with E-state index in [9.17, 15) is 0 Å². The van der Waals surface area contributed by atoms with E-state index in [1.54, 1.807) is 0 Å². The monoisotopic (exact) mass is 388 g/mol. The third kappa shape index (κ3) is 6.28. The molecule has 3 heteroatoms. The maximum absolute atomic E-state index is 6.10. The maximum atomic E-state index is 6.10. The van der Waals surface area contributed by atoms with Crippen LogP contribution in [0.15, 0.2) is 66.7 Å². The molecule has 0 atom stereocenters. The Balaban J connectivity index is 1.68. The minimum atomic E-state index is 0.718. The Bertz CT molecular complexity index is 886. The zero-order chi connectivity index (χ0) is 20.5. The largest absolute Gasteiger partial charge is 0.457 e. The molecule has 0 unspecified atom stereocenters. The Morgan fingerprint density at radius 2 is 1.34 bits per heavy atom. The Morgan fingerprint density at radius 3 is 2.07 bits per heavy atom. The quantitative estimate of drug-likeness (QED) is 0.285. The topological polar surface area (TPSA) is 61.3 Å². The molecule has 3 aromatic carbocycles. The molecule has 0 aromatic heterocycles. The van der Waals surface area contributed by atoms with E-state index in [1.165, 1.54) is 44.1 Å². The number of anilines is 2. The zero-order valence-corrected chi connectivity index (χ0v) is 17.4. The van der Waals surface area contributed by atoms with Gasteiger partial charge in [-0.3, -0.25) is 0 Å². The molecule has 3 nitrogen and oxygen atoms in total. The van der Waals surface area contributed by atoms with Crippen molar-refractivity contribution in [2.75, 3.05) is 11.5 Å². The third-order valence-corrected chi connectivity index (χ3v) is 5.20. The SMILES string of the molecule is CCCCCCCCc1ccc(-c2cc(N)ccc2Oc2ccc(N)cc2)cc1. The van der Waals surface area contributed by atoms with Crippen LogP contribution in [-0.2, 0) is 6.42 Å². The summed E-state index contributed by atoms with van der Waals surface area (Å²) in [6.45, 7) is 2.26. The summed E-state index contributed by atoms with van der Waals surface area (Å²) >= 11 is 0. The lowest BCUT2D eigenvalue weighted by atomic mass is 9.99. The third-order valence-electron chi connectivity index (χ3n) is 5.20. The first kappa shape index (κ1) is 20.8. The van der Waals surface area contributed by atoms with Crippen molar-refractivity contribution in [3.8, 4) is 22.6 Å². The van der Waals surface area contributed by atoms with Crippen LogP contribution in [0.3, 0.4) is 0 Å². The van der Waals surface area contributed by atoms with Crippen LogP contribution in [0.1, 0.15) is 51.0 Å². The minimum absolute atomic E-state index is 0.718. The Labute approximate surface area is 174 Å². The van der Waals surface area contributed by atoms with Crippen molar-refractivity contribution in [2.45, 2.75) is 51.9 Å². The van der Waals surface area contributed by atoms with Gasteiger partial charge in [0.15, 0.2) is 0 Å². The maximum Gasteiger partial charge on any atom is 0.135 e. The van der Waals surface area contributed by atoms with Gasteiger partial charge in [0.05, 0.1) is 0 Å². The number of benzene rings is 3. The van der Waals surface area contributed by atoms with Gasteiger partial charge in [0, 0.05) is 16.9 Å². The Hall–Kier alpha value is -2.94. The number of nitrogens with two attached hydrogens (primary N) is 2. The summed E-state index contributed by atoms with van der Waals surface area (Å²) in [5, 5.41) is 0. The van der Waals surface area contributed by atoms with E-state index in [0.29, 0.717) is 0 Å². The highest BCUT2D eigenvalue weighted by molar-refractivity contribution is 5.74. The first-order chi connectivity index (χ1) is 14.2. The Kier molecular flexibility index (Phi) is 7.57. The first-order valence-electron chi connectivity index (χ1n) is 10.7. The van der Waals surface area contributed by atoms with Crippen molar-refractivity contribution < 1.29 is 4.74 Å². The number of unbranched alkanes of at least 4 members (excludes halogenated alkanes) is 5. The van der Waals surface area contributed by atoms with Crippen LogP contribution in [0.5, 0.6) is 11.5 Å². The molecule has 4 N–H and O–H groups in total. The van der Waals surface area contributed by atoms with Gasteiger partial charge in [-0.2, -0.15) is 0 Å². The fourth-order valence-electron chi connectivity index (χ4n) is 3.49. The number of nitrogen functional groups attached to an aromatic ring is 2. The average Bonchev–Trinajstić information content (AvgIpc) is 2.74. The second-order valence-electron chi connectivity index (χ2n) is 7.64. The molecule has 0 aliphatic carbocycles. The van der Waals surface area contributed by atoms with Gasteiger partial charge in [0.25, 0.3) is 0 Å². The molecule has 0 aliphatic rings. The summed E-state index contributed by atoms with van der Waals surface area (Å²) in [7, 11) is 0. The second-order valence-corrected chi connectivity index (χ2v) is 7.64. The highest BCUT2D eigenvalue weighted by Gasteiger charge is 2.09. The van der Waals surface area contributed by atoms with Crippen LogP contribution in [0.2, 0.25) is 0 Å². The number of ether oxygens (including phenoxy) is 1. The molecule has 0 saturated carbocycles. The van der Waals surface area contributed by atoms with Crippen molar-refractivity contribution in [1.29, 1.82) is 0 Å². The van der Waals surface area contributed by atoms with E-state index >= 15 is 0 Å². The van der Waals surface area contributed by atoms with Crippen LogP contribution in [0.25, 0.3) is 11.1 Å². The van der Waals surface area contributed by atoms with E-state index in [1.807, 2.05) is 42.5 Å². The molecule has 0 aliphatic heterocycles. The normalized spacial score (nSPS) is 10.8. The molecule has 0 spiro atoms. The summed E-state index contributed by atoms with van der Waals surface area (Å²) in [5.41, 5.74) is 16.7. The van der Waals surface area contributed by atoms with Crippen LogP contribution >= 0.6 is 0 Å². The number of hydrogen-bond acceptors (Lipinski definition) is 3. The van der Waals surface area contributed by atoms with Crippen LogP contribution < -0.4 is 16.2 Å². The summed E-state index contributed by atoms with van der Waals surface area (Å²) in [6, 6.07) is 21.9. The molecule has 0 radical (unpaired) electrons. The molecule has 0 fully saturated rings. The lowest BCUT2D eigenvalue weighted by molar-refractivity contribution is 0.484. The molecule has 0 bridgehead atoms. The van der Waals surface area contributed by atoms with Crippen molar-refractivity contribution >= 4 is 11.4 Å². The van der Waals surface area contributed by atoms with Gasteiger partial charge < -0.3 is 16.2 Å². The smallest absolute Gasteiger partial charge is 0.135 e. The molecule has 0 saturated heterocycles. The summed E-state index contributed by atoms with van der Waals surface area (Å²) < 4.78 is 6.10. The Morgan fingerprint density at radius 1 is 0.690 bits per heavy atom. The number of aryl methyl sites for hydroxylation is 1. The lowest BCUT2D eigenvalue weighted by Gasteiger charge is -2.13. The van der Waals surface area contributed by atoms with Gasteiger partial charge in [-0.15, -0.1) is 0 Å². The average molecular weight is 389 g/mol. The van der Waals surface area contributed by atoms with Gasteiger partial charge in [-0.25, -0.2) is 0 Å². The predicted octanol–water partition coefficient (Wildman–Crippen LogP) is 7.21. The molecule has 0 amide bonds.